The second-order valence-corrected chi connectivity index (χ2v) is 5.75. The van der Waals surface area contributed by atoms with Gasteiger partial charge in [-0.3, -0.25) is 9.59 Å². The molecular formula is C11H19N3O2S. The third-order valence-electron chi connectivity index (χ3n) is 3.19. The summed E-state index contributed by atoms with van der Waals surface area (Å²) in [6, 6.07) is -0.0493. The molecule has 0 spiro atoms. The summed E-state index contributed by atoms with van der Waals surface area (Å²) in [5.41, 5.74) is 0. The molecule has 2 amide bonds. The molecule has 0 aromatic carbocycles. The zero-order valence-corrected chi connectivity index (χ0v) is 10.9. The predicted molar refractivity (Wildman–Crippen MR) is 67.9 cm³/mol. The van der Waals surface area contributed by atoms with Crippen LogP contribution in [0, 0.1) is 0 Å². The summed E-state index contributed by atoms with van der Waals surface area (Å²) in [6.45, 7) is 1.70. The summed E-state index contributed by atoms with van der Waals surface area (Å²) < 4.78 is 0. The molecule has 17 heavy (non-hydrogen) atoms. The second-order valence-electron chi connectivity index (χ2n) is 4.60. The highest BCUT2D eigenvalue weighted by atomic mass is 32.2. The Hall–Kier alpha value is -0.750. The SMILES string of the molecule is CN1CCC(NC(=O)CC2CSCCN2)C1=O. The molecule has 0 aliphatic carbocycles. The molecule has 0 bridgehead atoms. The molecule has 2 heterocycles. The number of nitrogens with one attached hydrogen (secondary N) is 2. The normalized spacial score (nSPS) is 29.5. The van der Waals surface area contributed by atoms with Crippen LogP contribution in [0.25, 0.3) is 0 Å². The number of hydrogen-bond donors (Lipinski definition) is 2. The highest BCUT2D eigenvalue weighted by Crippen LogP contribution is 2.12. The highest BCUT2D eigenvalue weighted by Gasteiger charge is 2.30. The van der Waals surface area contributed by atoms with Gasteiger partial charge >= 0.3 is 0 Å². The first kappa shape index (κ1) is 12.7. The maximum atomic E-state index is 11.8. The summed E-state index contributed by atoms with van der Waals surface area (Å²) >= 11 is 1.87. The number of hydrogen-bond acceptors (Lipinski definition) is 4. The number of carbonyl (C=O) groups is 2. The fourth-order valence-electron chi connectivity index (χ4n) is 2.18. The second kappa shape index (κ2) is 5.73. The van der Waals surface area contributed by atoms with Gasteiger partial charge in [-0.1, -0.05) is 0 Å². The van der Waals surface area contributed by atoms with Crippen LogP contribution in [0.5, 0.6) is 0 Å². The molecule has 2 N–H and O–H groups in total. The van der Waals surface area contributed by atoms with Crippen LogP contribution in [0.2, 0.25) is 0 Å². The van der Waals surface area contributed by atoms with E-state index in [-0.39, 0.29) is 23.9 Å². The smallest absolute Gasteiger partial charge is 0.244 e. The van der Waals surface area contributed by atoms with Crippen molar-refractivity contribution in [3.63, 3.8) is 0 Å². The molecule has 0 aromatic heterocycles. The molecule has 2 atom stereocenters. The maximum absolute atomic E-state index is 11.8. The fraction of sp³-hybridized carbons (Fsp3) is 0.818. The Kier molecular flexibility index (Phi) is 4.28. The molecule has 6 heteroatoms. The van der Waals surface area contributed by atoms with E-state index in [1.807, 2.05) is 11.8 Å². The van der Waals surface area contributed by atoms with Gasteiger partial charge in [0.2, 0.25) is 11.8 Å². The van der Waals surface area contributed by atoms with Crippen molar-refractivity contribution < 1.29 is 9.59 Å². The molecule has 2 rings (SSSR count). The first-order valence-electron chi connectivity index (χ1n) is 6.02. The van der Waals surface area contributed by atoms with Gasteiger partial charge in [-0.05, 0) is 6.42 Å². The molecule has 96 valence electrons. The van der Waals surface area contributed by atoms with Crippen LogP contribution < -0.4 is 10.6 Å². The molecule has 0 radical (unpaired) electrons. The maximum Gasteiger partial charge on any atom is 0.244 e. The number of carbonyl (C=O) groups excluding carboxylic acids is 2. The van der Waals surface area contributed by atoms with Gasteiger partial charge in [0.1, 0.15) is 6.04 Å². The Morgan fingerprint density at radius 3 is 3.06 bits per heavy atom. The third kappa shape index (κ3) is 3.35. The lowest BCUT2D eigenvalue weighted by atomic mass is 10.2. The Morgan fingerprint density at radius 1 is 1.65 bits per heavy atom. The van der Waals surface area contributed by atoms with Crippen LogP contribution in [0.4, 0.5) is 0 Å². The minimum Gasteiger partial charge on any atom is -0.344 e. The van der Waals surface area contributed by atoms with Crippen LogP contribution in [0.1, 0.15) is 12.8 Å². The molecular weight excluding hydrogens is 238 g/mol. The predicted octanol–water partition coefficient (Wildman–Crippen LogP) is -0.572. The molecule has 0 aromatic rings. The van der Waals surface area contributed by atoms with E-state index in [1.165, 1.54) is 0 Å². The first-order valence-corrected chi connectivity index (χ1v) is 7.18. The van der Waals surface area contributed by atoms with E-state index in [4.69, 9.17) is 0 Å². The molecule has 5 nitrogen and oxygen atoms in total. The lowest BCUT2D eigenvalue weighted by Gasteiger charge is -2.23. The lowest BCUT2D eigenvalue weighted by Crippen LogP contribution is -2.45. The Balaban J connectivity index is 1.75. The van der Waals surface area contributed by atoms with Gasteiger partial charge in [0.25, 0.3) is 0 Å². The number of likely N-dealkylation sites (tertiary alicyclic amines) is 1. The molecule has 0 saturated carbocycles. The van der Waals surface area contributed by atoms with Gasteiger partial charge in [0.15, 0.2) is 0 Å². The van der Waals surface area contributed by atoms with Crippen LogP contribution in [-0.2, 0) is 9.59 Å². The van der Waals surface area contributed by atoms with Crippen LogP contribution in [0.15, 0.2) is 0 Å². The third-order valence-corrected chi connectivity index (χ3v) is 4.32. The average Bonchev–Trinajstić information content (AvgIpc) is 2.62. The van der Waals surface area contributed by atoms with E-state index in [2.05, 4.69) is 10.6 Å². The van der Waals surface area contributed by atoms with Crippen molar-refractivity contribution in [1.82, 2.24) is 15.5 Å². The van der Waals surface area contributed by atoms with E-state index in [0.717, 1.165) is 31.0 Å². The Bertz CT molecular complexity index is 305. The summed E-state index contributed by atoms with van der Waals surface area (Å²) in [7, 11) is 1.77. The molecule has 2 aliphatic rings. The molecule has 2 fully saturated rings. The standard InChI is InChI=1S/C11H19N3O2S/c1-14-4-2-9(11(14)16)13-10(15)6-8-7-17-5-3-12-8/h8-9,12H,2-7H2,1H3,(H,13,15). The van der Waals surface area contributed by atoms with E-state index in [0.29, 0.717) is 6.42 Å². The zero-order chi connectivity index (χ0) is 12.3. The number of likely N-dealkylation sites (N-methyl/N-ethyl adjacent to an activating group) is 1. The van der Waals surface area contributed by atoms with Crippen LogP contribution in [0.3, 0.4) is 0 Å². The lowest BCUT2D eigenvalue weighted by molar-refractivity contribution is -0.131. The highest BCUT2D eigenvalue weighted by molar-refractivity contribution is 7.99. The van der Waals surface area contributed by atoms with Gasteiger partial charge in [0.05, 0.1) is 0 Å². The Labute approximate surface area is 106 Å². The largest absolute Gasteiger partial charge is 0.344 e. The summed E-state index contributed by atoms with van der Waals surface area (Å²) in [5, 5.41) is 6.14. The van der Waals surface area contributed by atoms with Gasteiger partial charge < -0.3 is 15.5 Å². The minimum absolute atomic E-state index is 0.0151. The van der Waals surface area contributed by atoms with Gasteiger partial charge in [-0.2, -0.15) is 11.8 Å². The van der Waals surface area contributed by atoms with Crippen molar-refractivity contribution in [1.29, 1.82) is 0 Å². The monoisotopic (exact) mass is 257 g/mol. The number of rotatable bonds is 3. The topological polar surface area (TPSA) is 61.4 Å². The van der Waals surface area contributed by atoms with Gasteiger partial charge in [-0.25, -0.2) is 0 Å². The van der Waals surface area contributed by atoms with Crippen molar-refractivity contribution in [3.05, 3.63) is 0 Å². The number of nitrogens with zero attached hydrogens (tertiary/aromatic N) is 1. The quantitative estimate of drug-likeness (QED) is 0.711. The summed E-state index contributed by atoms with van der Waals surface area (Å²) in [4.78, 5) is 25.1. The van der Waals surface area contributed by atoms with E-state index in [1.54, 1.807) is 11.9 Å². The van der Waals surface area contributed by atoms with E-state index < -0.39 is 0 Å². The van der Waals surface area contributed by atoms with Crippen molar-refractivity contribution in [3.8, 4) is 0 Å². The molecule has 2 saturated heterocycles. The van der Waals surface area contributed by atoms with Crippen molar-refractivity contribution in [2.45, 2.75) is 24.9 Å². The minimum atomic E-state index is -0.302. The van der Waals surface area contributed by atoms with E-state index in [9.17, 15) is 9.59 Å². The van der Waals surface area contributed by atoms with Crippen molar-refractivity contribution >= 4 is 23.6 Å². The molecule has 2 unspecified atom stereocenters. The fourth-order valence-corrected chi connectivity index (χ4v) is 3.13. The Morgan fingerprint density at radius 2 is 2.47 bits per heavy atom. The van der Waals surface area contributed by atoms with Crippen molar-refractivity contribution in [2.75, 3.05) is 31.6 Å². The summed E-state index contributed by atoms with van der Waals surface area (Å²) in [6.07, 6.45) is 1.20. The first-order chi connectivity index (χ1) is 8.16. The zero-order valence-electron chi connectivity index (χ0n) is 10.1. The van der Waals surface area contributed by atoms with Crippen LogP contribution >= 0.6 is 11.8 Å². The van der Waals surface area contributed by atoms with Crippen molar-refractivity contribution in [2.24, 2.45) is 0 Å². The van der Waals surface area contributed by atoms with E-state index >= 15 is 0 Å². The van der Waals surface area contributed by atoms with Gasteiger partial charge in [0, 0.05) is 44.1 Å². The number of amides is 2. The number of thioether (sulfide) groups is 1. The average molecular weight is 257 g/mol. The van der Waals surface area contributed by atoms with Crippen LogP contribution in [-0.4, -0.2) is 60.4 Å². The molecule has 2 aliphatic heterocycles. The van der Waals surface area contributed by atoms with Gasteiger partial charge in [-0.15, -0.1) is 0 Å². The summed E-state index contributed by atoms with van der Waals surface area (Å²) in [5.74, 6) is 2.11.